The molecule has 0 spiro atoms. The number of anilines is 3. The molecule has 0 radical (unpaired) electrons. The third-order valence-corrected chi connectivity index (χ3v) is 4.72. The number of para-hydroxylation sites is 1. The van der Waals surface area contributed by atoms with Gasteiger partial charge in [0.05, 0.1) is 16.3 Å². The highest BCUT2D eigenvalue weighted by molar-refractivity contribution is 7.92. The minimum absolute atomic E-state index is 0. The Morgan fingerprint density at radius 2 is 1.80 bits per heavy atom. The van der Waals surface area contributed by atoms with Crippen LogP contribution in [0.4, 0.5) is 17.1 Å². The standard InChI is InChI=1S/C17H16N4O2S.ClH/c18-16-13-15(24(22,23)20-14-5-2-1-3-6-14)7-8-17(16)21-11-4-9-19-10-12-21;/h1-13,20H,18H2;1H. The van der Waals surface area contributed by atoms with Crippen molar-refractivity contribution in [1.29, 1.82) is 0 Å². The smallest absolute Gasteiger partial charge is 0.261 e. The van der Waals surface area contributed by atoms with E-state index >= 15 is 0 Å². The van der Waals surface area contributed by atoms with E-state index in [0.717, 1.165) is 0 Å². The van der Waals surface area contributed by atoms with Crippen molar-refractivity contribution in [1.82, 2.24) is 0 Å². The summed E-state index contributed by atoms with van der Waals surface area (Å²) in [6.07, 6.45) is 8.56. The van der Waals surface area contributed by atoms with Gasteiger partial charge in [-0.05, 0) is 36.4 Å². The number of sulfonamides is 1. The number of nitrogens with one attached hydrogen (secondary N) is 1. The molecule has 6 nitrogen and oxygen atoms in total. The number of rotatable bonds is 4. The zero-order valence-electron chi connectivity index (χ0n) is 13.1. The first-order valence-corrected chi connectivity index (χ1v) is 8.67. The van der Waals surface area contributed by atoms with Crippen LogP contribution in [-0.4, -0.2) is 14.6 Å². The van der Waals surface area contributed by atoms with Crippen LogP contribution in [0.1, 0.15) is 0 Å². The zero-order chi connectivity index (χ0) is 17.0. The van der Waals surface area contributed by atoms with Gasteiger partial charge in [-0.15, -0.1) is 12.4 Å². The summed E-state index contributed by atoms with van der Waals surface area (Å²) in [5.74, 6) is 0. The Hall–Kier alpha value is -2.77. The lowest BCUT2D eigenvalue weighted by atomic mass is 10.2. The van der Waals surface area contributed by atoms with E-state index < -0.39 is 10.0 Å². The highest BCUT2D eigenvalue weighted by Crippen LogP contribution is 2.28. The maximum Gasteiger partial charge on any atom is 0.261 e. The Morgan fingerprint density at radius 3 is 2.52 bits per heavy atom. The summed E-state index contributed by atoms with van der Waals surface area (Å²) in [4.78, 5) is 5.87. The minimum Gasteiger partial charge on any atom is -0.397 e. The van der Waals surface area contributed by atoms with Gasteiger partial charge in [-0.3, -0.25) is 9.71 Å². The topological polar surface area (TPSA) is 87.8 Å². The van der Waals surface area contributed by atoms with Crippen molar-refractivity contribution >= 4 is 45.7 Å². The molecule has 0 saturated carbocycles. The Bertz CT molecular complexity index is 909. The monoisotopic (exact) mass is 376 g/mol. The molecule has 130 valence electrons. The fourth-order valence-electron chi connectivity index (χ4n) is 2.21. The van der Waals surface area contributed by atoms with Gasteiger partial charge in [0.1, 0.15) is 0 Å². The number of hydrogen-bond acceptors (Lipinski definition) is 5. The molecule has 3 rings (SSSR count). The Kier molecular flexibility index (Phi) is 5.84. The summed E-state index contributed by atoms with van der Waals surface area (Å²) < 4.78 is 27.5. The molecule has 3 N–H and O–H groups in total. The van der Waals surface area contributed by atoms with Gasteiger partial charge >= 0.3 is 0 Å². The van der Waals surface area contributed by atoms with Gasteiger partial charge in [0, 0.05) is 30.5 Å². The first kappa shape index (κ1) is 18.6. The maximum atomic E-state index is 12.5. The third kappa shape index (κ3) is 4.40. The SMILES string of the molecule is Cl.Nc1cc(S(=O)(=O)Nc2ccccc2)ccc1N1C=CC=NC=C1. The molecule has 0 bridgehead atoms. The number of nitrogens with two attached hydrogens (primary N) is 1. The lowest BCUT2D eigenvalue weighted by molar-refractivity contribution is 0.601. The van der Waals surface area contributed by atoms with Gasteiger partial charge in [0.2, 0.25) is 0 Å². The van der Waals surface area contributed by atoms with Crippen LogP contribution in [0.2, 0.25) is 0 Å². The second kappa shape index (κ2) is 7.87. The Balaban J connectivity index is 0.00000225. The summed E-state index contributed by atoms with van der Waals surface area (Å²) in [7, 11) is -3.70. The summed E-state index contributed by atoms with van der Waals surface area (Å²) in [6, 6.07) is 13.3. The number of nitrogen functional groups attached to an aromatic ring is 1. The van der Waals surface area contributed by atoms with Crippen LogP contribution in [0.5, 0.6) is 0 Å². The van der Waals surface area contributed by atoms with E-state index in [4.69, 9.17) is 5.73 Å². The molecule has 1 aliphatic rings. The fraction of sp³-hybridized carbons (Fsp3) is 0. The average Bonchev–Trinajstić information content (AvgIpc) is 2.84. The van der Waals surface area contributed by atoms with E-state index in [1.165, 1.54) is 12.1 Å². The van der Waals surface area contributed by atoms with Crippen molar-refractivity contribution in [2.24, 2.45) is 4.99 Å². The van der Waals surface area contributed by atoms with Gasteiger partial charge in [-0.25, -0.2) is 8.42 Å². The van der Waals surface area contributed by atoms with Crippen LogP contribution in [0.25, 0.3) is 0 Å². The van der Waals surface area contributed by atoms with Crippen molar-refractivity contribution in [2.45, 2.75) is 4.90 Å². The number of allylic oxidation sites excluding steroid dienone is 1. The van der Waals surface area contributed by atoms with E-state index in [2.05, 4.69) is 9.71 Å². The molecule has 1 aliphatic heterocycles. The minimum atomic E-state index is -3.70. The summed E-state index contributed by atoms with van der Waals surface area (Å²) in [6.45, 7) is 0. The Labute approximate surface area is 152 Å². The second-order valence-electron chi connectivity index (χ2n) is 5.04. The molecule has 1 heterocycles. The van der Waals surface area contributed by atoms with Crippen LogP contribution in [0.3, 0.4) is 0 Å². The molecule has 0 aromatic heterocycles. The number of nitrogens with zero attached hydrogens (tertiary/aromatic N) is 2. The molecule has 2 aromatic rings. The number of halogens is 1. The van der Waals surface area contributed by atoms with Crippen LogP contribution in [-0.2, 0) is 10.0 Å². The van der Waals surface area contributed by atoms with E-state index in [1.54, 1.807) is 66.1 Å². The molecular weight excluding hydrogens is 360 g/mol. The van der Waals surface area contributed by atoms with E-state index in [1.807, 2.05) is 6.07 Å². The van der Waals surface area contributed by atoms with Crippen molar-refractivity contribution in [3.05, 3.63) is 73.2 Å². The fourth-order valence-corrected chi connectivity index (χ4v) is 3.30. The van der Waals surface area contributed by atoms with Gasteiger partial charge in [0.15, 0.2) is 0 Å². The summed E-state index contributed by atoms with van der Waals surface area (Å²) in [5, 5.41) is 0. The van der Waals surface area contributed by atoms with E-state index in [0.29, 0.717) is 17.1 Å². The molecule has 25 heavy (non-hydrogen) atoms. The van der Waals surface area contributed by atoms with Crippen LogP contribution in [0.15, 0.2) is 83.1 Å². The molecule has 0 fully saturated rings. The number of aliphatic imine (C=N–C) groups is 1. The first-order valence-electron chi connectivity index (χ1n) is 7.19. The molecule has 0 amide bonds. The van der Waals surface area contributed by atoms with Gasteiger partial charge in [0.25, 0.3) is 10.0 Å². The zero-order valence-corrected chi connectivity index (χ0v) is 14.7. The lowest BCUT2D eigenvalue weighted by Gasteiger charge is -2.18. The predicted molar refractivity (Wildman–Crippen MR) is 105 cm³/mol. The van der Waals surface area contributed by atoms with Crippen molar-refractivity contribution in [2.75, 3.05) is 15.4 Å². The van der Waals surface area contributed by atoms with Crippen molar-refractivity contribution < 1.29 is 8.42 Å². The van der Waals surface area contributed by atoms with Crippen LogP contribution in [0, 0.1) is 0 Å². The normalized spacial score (nSPS) is 13.2. The average molecular weight is 377 g/mol. The molecule has 0 saturated heterocycles. The Morgan fingerprint density at radius 1 is 1.04 bits per heavy atom. The molecule has 8 heteroatoms. The molecule has 2 aromatic carbocycles. The molecular formula is C17H17ClN4O2S. The molecule has 0 unspecified atom stereocenters. The maximum absolute atomic E-state index is 12.5. The molecule has 0 atom stereocenters. The first-order chi connectivity index (χ1) is 11.6. The largest absolute Gasteiger partial charge is 0.397 e. The van der Waals surface area contributed by atoms with Crippen LogP contribution >= 0.6 is 12.4 Å². The third-order valence-electron chi connectivity index (χ3n) is 3.35. The van der Waals surface area contributed by atoms with Gasteiger partial charge < -0.3 is 10.6 Å². The van der Waals surface area contributed by atoms with E-state index in [-0.39, 0.29) is 17.3 Å². The second-order valence-corrected chi connectivity index (χ2v) is 6.72. The van der Waals surface area contributed by atoms with Gasteiger partial charge in [-0.1, -0.05) is 18.2 Å². The highest BCUT2D eigenvalue weighted by atomic mass is 35.5. The van der Waals surface area contributed by atoms with E-state index in [9.17, 15) is 8.42 Å². The van der Waals surface area contributed by atoms with Crippen molar-refractivity contribution in [3.8, 4) is 0 Å². The predicted octanol–water partition coefficient (Wildman–Crippen LogP) is 3.37. The lowest BCUT2D eigenvalue weighted by Crippen LogP contribution is -2.14. The summed E-state index contributed by atoms with van der Waals surface area (Å²) >= 11 is 0. The van der Waals surface area contributed by atoms with Gasteiger partial charge in [-0.2, -0.15) is 0 Å². The van der Waals surface area contributed by atoms with Crippen molar-refractivity contribution in [3.63, 3.8) is 0 Å². The quantitative estimate of drug-likeness (QED) is 0.801. The number of hydrogen-bond donors (Lipinski definition) is 2. The highest BCUT2D eigenvalue weighted by Gasteiger charge is 2.16. The van der Waals surface area contributed by atoms with Crippen LogP contribution < -0.4 is 15.4 Å². The summed E-state index contributed by atoms with van der Waals surface area (Å²) in [5.41, 5.74) is 7.57. The number of benzene rings is 2. The molecule has 0 aliphatic carbocycles.